The van der Waals surface area contributed by atoms with E-state index in [1.807, 2.05) is 6.07 Å². The molecule has 1 heterocycles. The van der Waals surface area contributed by atoms with Crippen molar-refractivity contribution in [2.45, 2.75) is 5.75 Å². The van der Waals surface area contributed by atoms with Crippen molar-refractivity contribution in [3.8, 4) is 0 Å². The molecule has 0 unspecified atom stereocenters. The summed E-state index contributed by atoms with van der Waals surface area (Å²) in [5, 5.41) is 0. The number of thioether (sulfide) groups is 1. The van der Waals surface area contributed by atoms with Crippen LogP contribution in [0.2, 0.25) is 0 Å². The Morgan fingerprint density at radius 1 is 1.67 bits per heavy atom. The summed E-state index contributed by atoms with van der Waals surface area (Å²) in [5.74, 6) is 0.975. The lowest BCUT2D eigenvalue weighted by Crippen LogP contribution is -1.84. The molecule has 0 aliphatic carbocycles. The molecule has 0 radical (unpaired) electrons. The van der Waals surface area contributed by atoms with Crippen molar-refractivity contribution >= 4 is 11.8 Å². The first-order valence-electron chi connectivity index (χ1n) is 2.67. The molecule has 1 aromatic heterocycles. The van der Waals surface area contributed by atoms with Gasteiger partial charge in [0.05, 0.1) is 5.69 Å². The molecule has 0 bridgehead atoms. The maximum Gasteiger partial charge on any atom is 0.115 e. The molecular weight excluding hydrogens is 132 g/mol. The van der Waals surface area contributed by atoms with Crippen LogP contribution >= 0.6 is 11.8 Å². The number of nitrogens with zero attached hydrogens (tertiary/aromatic N) is 2. The topological polar surface area (TPSA) is 25.8 Å². The fourth-order valence-electron chi connectivity index (χ4n) is 0.551. The van der Waals surface area contributed by atoms with E-state index in [4.69, 9.17) is 0 Å². The Balaban J connectivity index is 2.61. The molecule has 0 spiro atoms. The van der Waals surface area contributed by atoms with Gasteiger partial charge in [-0.2, -0.15) is 11.8 Å². The third kappa shape index (κ3) is 2.01. The van der Waals surface area contributed by atoms with Gasteiger partial charge < -0.3 is 0 Å². The van der Waals surface area contributed by atoms with Crippen molar-refractivity contribution in [3.05, 3.63) is 24.3 Å². The maximum atomic E-state index is 4.04. The molecule has 1 aromatic rings. The van der Waals surface area contributed by atoms with Crippen molar-refractivity contribution < 1.29 is 0 Å². The molecule has 0 atom stereocenters. The van der Waals surface area contributed by atoms with Crippen LogP contribution < -0.4 is 0 Å². The van der Waals surface area contributed by atoms with Crippen LogP contribution in [0.3, 0.4) is 0 Å². The van der Waals surface area contributed by atoms with E-state index >= 15 is 0 Å². The lowest BCUT2D eigenvalue weighted by atomic mass is 10.5. The maximum absolute atomic E-state index is 4.04. The second-order valence-electron chi connectivity index (χ2n) is 1.63. The fourth-order valence-corrected chi connectivity index (χ4v) is 1.02. The summed E-state index contributed by atoms with van der Waals surface area (Å²) in [4.78, 5) is 7.84. The van der Waals surface area contributed by atoms with E-state index in [1.165, 1.54) is 0 Å². The molecule has 0 saturated carbocycles. The third-order valence-electron chi connectivity index (χ3n) is 0.935. The summed E-state index contributed by atoms with van der Waals surface area (Å²) in [7, 11) is 0. The van der Waals surface area contributed by atoms with Crippen LogP contribution in [0, 0.1) is 0 Å². The first kappa shape index (κ1) is 6.55. The molecule has 0 aliphatic rings. The standard InChI is InChI=1S/C6H8N2S/c1-9-4-6-2-3-7-5-8-6/h2-3,5H,4H2,1H3. The zero-order valence-electron chi connectivity index (χ0n) is 5.24. The summed E-state index contributed by atoms with van der Waals surface area (Å²) in [6, 6.07) is 1.93. The molecule has 0 aromatic carbocycles. The minimum Gasteiger partial charge on any atom is -0.245 e. The third-order valence-corrected chi connectivity index (χ3v) is 1.52. The Hall–Kier alpha value is -0.570. The smallest absolute Gasteiger partial charge is 0.115 e. The lowest BCUT2D eigenvalue weighted by molar-refractivity contribution is 1.09. The molecule has 0 amide bonds. The number of rotatable bonds is 2. The lowest BCUT2D eigenvalue weighted by Gasteiger charge is -1.92. The Bertz CT molecular complexity index is 164. The van der Waals surface area contributed by atoms with Gasteiger partial charge in [0, 0.05) is 11.9 Å². The average molecular weight is 140 g/mol. The van der Waals surface area contributed by atoms with Crippen LogP contribution in [0.5, 0.6) is 0 Å². The van der Waals surface area contributed by atoms with Crippen LogP contribution in [-0.2, 0) is 5.75 Å². The Morgan fingerprint density at radius 3 is 3.11 bits per heavy atom. The molecule has 0 saturated heterocycles. The van der Waals surface area contributed by atoms with Crippen molar-refractivity contribution in [2.75, 3.05) is 6.26 Å². The van der Waals surface area contributed by atoms with E-state index in [0.717, 1.165) is 11.4 Å². The van der Waals surface area contributed by atoms with Gasteiger partial charge in [-0.1, -0.05) is 0 Å². The highest BCUT2D eigenvalue weighted by atomic mass is 32.2. The van der Waals surface area contributed by atoms with Crippen LogP contribution in [0.4, 0.5) is 0 Å². The molecule has 48 valence electrons. The summed E-state index contributed by atoms with van der Waals surface area (Å²) in [6.07, 6.45) is 5.40. The molecular formula is C6H8N2S. The predicted molar refractivity (Wildman–Crippen MR) is 39.3 cm³/mol. The SMILES string of the molecule is CSCc1ccncn1. The molecule has 0 aliphatic heterocycles. The molecule has 2 nitrogen and oxygen atoms in total. The Morgan fingerprint density at radius 2 is 2.56 bits per heavy atom. The highest BCUT2D eigenvalue weighted by Gasteiger charge is 1.87. The number of hydrogen-bond donors (Lipinski definition) is 0. The summed E-state index contributed by atoms with van der Waals surface area (Å²) in [6.45, 7) is 0. The summed E-state index contributed by atoms with van der Waals surface area (Å²) in [5.41, 5.74) is 1.09. The van der Waals surface area contributed by atoms with Gasteiger partial charge in [0.15, 0.2) is 0 Å². The molecule has 1 rings (SSSR count). The van der Waals surface area contributed by atoms with Gasteiger partial charge in [-0.3, -0.25) is 0 Å². The summed E-state index contributed by atoms with van der Waals surface area (Å²) >= 11 is 1.76. The molecule has 0 fully saturated rings. The van der Waals surface area contributed by atoms with Crippen molar-refractivity contribution in [2.24, 2.45) is 0 Å². The fraction of sp³-hybridized carbons (Fsp3) is 0.333. The number of hydrogen-bond acceptors (Lipinski definition) is 3. The van der Waals surface area contributed by atoms with Crippen LogP contribution in [0.15, 0.2) is 18.6 Å². The highest BCUT2D eigenvalue weighted by molar-refractivity contribution is 7.97. The molecule has 9 heavy (non-hydrogen) atoms. The second kappa shape index (κ2) is 3.45. The minimum absolute atomic E-state index is 0.975. The van der Waals surface area contributed by atoms with Gasteiger partial charge in [-0.25, -0.2) is 9.97 Å². The van der Waals surface area contributed by atoms with Gasteiger partial charge >= 0.3 is 0 Å². The highest BCUT2D eigenvalue weighted by Crippen LogP contribution is 2.02. The quantitative estimate of drug-likeness (QED) is 0.620. The van der Waals surface area contributed by atoms with Gasteiger partial charge in [0.25, 0.3) is 0 Å². The first-order valence-corrected chi connectivity index (χ1v) is 4.06. The van der Waals surface area contributed by atoms with Crippen molar-refractivity contribution in [1.82, 2.24) is 9.97 Å². The van der Waals surface area contributed by atoms with Crippen LogP contribution in [0.25, 0.3) is 0 Å². The van der Waals surface area contributed by atoms with Gasteiger partial charge in [0.1, 0.15) is 6.33 Å². The Labute approximate surface area is 58.7 Å². The van der Waals surface area contributed by atoms with E-state index in [1.54, 1.807) is 24.3 Å². The van der Waals surface area contributed by atoms with Crippen LogP contribution in [-0.4, -0.2) is 16.2 Å². The first-order chi connectivity index (χ1) is 4.43. The zero-order valence-corrected chi connectivity index (χ0v) is 6.06. The van der Waals surface area contributed by atoms with Crippen molar-refractivity contribution in [3.63, 3.8) is 0 Å². The number of aromatic nitrogens is 2. The van der Waals surface area contributed by atoms with E-state index < -0.39 is 0 Å². The van der Waals surface area contributed by atoms with Gasteiger partial charge in [0.2, 0.25) is 0 Å². The van der Waals surface area contributed by atoms with E-state index in [0.29, 0.717) is 0 Å². The summed E-state index contributed by atoms with van der Waals surface area (Å²) < 4.78 is 0. The monoisotopic (exact) mass is 140 g/mol. The normalized spacial score (nSPS) is 9.44. The molecule has 3 heteroatoms. The van der Waals surface area contributed by atoms with Crippen LogP contribution in [0.1, 0.15) is 5.69 Å². The zero-order chi connectivity index (χ0) is 6.53. The second-order valence-corrected chi connectivity index (χ2v) is 2.50. The van der Waals surface area contributed by atoms with E-state index in [-0.39, 0.29) is 0 Å². The van der Waals surface area contributed by atoms with E-state index in [9.17, 15) is 0 Å². The van der Waals surface area contributed by atoms with Crippen molar-refractivity contribution in [1.29, 1.82) is 0 Å². The largest absolute Gasteiger partial charge is 0.245 e. The molecule has 0 N–H and O–H groups in total. The predicted octanol–water partition coefficient (Wildman–Crippen LogP) is 1.34. The van der Waals surface area contributed by atoms with Gasteiger partial charge in [-0.15, -0.1) is 0 Å². The van der Waals surface area contributed by atoms with E-state index in [2.05, 4.69) is 16.2 Å². The van der Waals surface area contributed by atoms with Gasteiger partial charge in [-0.05, 0) is 12.3 Å². The average Bonchev–Trinajstić information content (AvgIpc) is 1.91. The Kier molecular flexibility index (Phi) is 2.51. The minimum atomic E-state index is 0.975.